The Kier molecular flexibility index (Phi) is 6.87. The van der Waals surface area contributed by atoms with Crippen LogP contribution in [0.2, 0.25) is 0 Å². The Morgan fingerprint density at radius 2 is 1.80 bits per heavy atom. The van der Waals surface area contributed by atoms with Crippen LogP contribution in [-0.4, -0.2) is 19.6 Å². The van der Waals surface area contributed by atoms with E-state index in [1.807, 2.05) is 37.3 Å². The van der Waals surface area contributed by atoms with Crippen molar-refractivity contribution in [1.29, 1.82) is 0 Å². The number of hydrogen-bond acceptors (Lipinski definition) is 3. The Hall–Kier alpha value is -2.49. The maximum atomic E-state index is 12.2. The highest BCUT2D eigenvalue weighted by atomic mass is 16.5. The first-order valence-electron chi connectivity index (χ1n) is 8.73. The van der Waals surface area contributed by atoms with Gasteiger partial charge in [-0.3, -0.25) is 4.79 Å². The molecule has 2 rings (SSSR count). The van der Waals surface area contributed by atoms with Gasteiger partial charge in [-0.1, -0.05) is 32.0 Å². The number of carbonyl (C=O) groups excluding carboxylic acids is 1. The van der Waals surface area contributed by atoms with Crippen molar-refractivity contribution < 1.29 is 14.3 Å². The van der Waals surface area contributed by atoms with E-state index in [0.717, 1.165) is 17.0 Å². The van der Waals surface area contributed by atoms with E-state index < -0.39 is 0 Å². The Bertz CT molecular complexity index is 693. The molecule has 0 aliphatic rings. The minimum Gasteiger partial charge on any atom is -0.493 e. The van der Waals surface area contributed by atoms with Crippen LogP contribution in [0.15, 0.2) is 42.5 Å². The van der Waals surface area contributed by atoms with Gasteiger partial charge in [-0.05, 0) is 54.7 Å². The summed E-state index contributed by atoms with van der Waals surface area (Å²) in [5, 5.41) is 2.94. The highest BCUT2D eigenvalue weighted by molar-refractivity contribution is 5.90. The van der Waals surface area contributed by atoms with Gasteiger partial charge in [0.15, 0.2) is 11.5 Å². The predicted molar refractivity (Wildman–Crippen MR) is 102 cm³/mol. The number of methoxy groups -OCH3 is 1. The second-order valence-electron chi connectivity index (χ2n) is 6.24. The van der Waals surface area contributed by atoms with Crippen LogP contribution < -0.4 is 14.8 Å². The lowest BCUT2D eigenvalue weighted by atomic mass is 10.0. The van der Waals surface area contributed by atoms with Crippen LogP contribution in [0.3, 0.4) is 0 Å². The molecule has 0 spiro atoms. The van der Waals surface area contributed by atoms with Crippen molar-refractivity contribution in [1.82, 2.24) is 0 Å². The zero-order valence-corrected chi connectivity index (χ0v) is 15.5. The van der Waals surface area contributed by atoms with Crippen LogP contribution >= 0.6 is 0 Å². The van der Waals surface area contributed by atoms with Gasteiger partial charge in [0.2, 0.25) is 5.91 Å². The molecule has 0 saturated carbocycles. The quantitative estimate of drug-likeness (QED) is 0.751. The number of amides is 1. The van der Waals surface area contributed by atoms with Gasteiger partial charge < -0.3 is 14.8 Å². The van der Waals surface area contributed by atoms with Crippen LogP contribution in [-0.2, 0) is 11.2 Å². The third-order valence-corrected chi connectivity index (χ3v) is 4.03. The molecule has 134 valence electrons. The number of benzene rings is 2. The maximum absolute atomic E-state index is 12.2. The van der Waals surface area contributed by atoms with Crippen molar-refractivity contribution in [2.24, 2.45) is 0 Å². The number of carbonyl (C=O) groups is 1. The summed E-state index contributed by atoms with van der Waals surface area (Å²) in [5.74, 6) is 1.91. The molecular weight excluding hydrogens is 314 g/mol. The number of aryl methyl sites for hydroxylation is 1. The van der Waals surface area contributed by atoms with Gasteiger partial charge in [0, 0.05) is 12.1 Å². The Morgan fingerprint density at radius 1 is 1.08 bits per heavy atom. The second-order valence-corrected chi connectivity index (χ2v) is 6.24. The van der Waals surface area contributed by atoms with Gasteiger partial charge in [0.1, 0.15) is 0 Å². The summed E-state index contributed by atoms with van der Waals surface area (Å²) < 4.78 is 10.9. The van der Waals surface area contributed by atoms with E-state index >= 15 is 0 Å². The summed E-state index contributed by atoms with van der Waals surface area (Å²) in [6.45, 7) is 6.83. The number of hydrogen-bond donors (Lipinski definition) is 1. The van der Waals surface area contributed by atoms with Gasteiger partial charge in [-0.2, -0.15) is 0 Å². The fourth-order valence-electron chi connectivity index (χ4n) is 2.57. The van der Waals surface area contributed by atoms with E-state index in [9.17, 15) is 4.79 Å². The molecule has 0 aliphatic carbocycles. The van der Waals surface area contributed by atoms with E-state index in [2.05, 4.69) is 31.3 Å². The summed E-state index contributed by atoms with van der Waals surface area (Å²) in [7, 11) is 1.62. The third kappa shape index (κ3) is 5.52. The average Bonchev–Trinajstić information content (AvgIpc) is 2.61. The van der Waals surface area contributed by atoms with Crippen molar-refractivity contribution in [2.75, 3.05) is 19.0 Å². The first kappa shape index (κ1) is 18.8. The lowest BCUT2D eigenvalue weighted by molar-refractivity contribution is -0.116. The first-order valence-corrected chi connectivity index (χ1v) is 8.73. The van der Waals surface area contributed by atoms with Crippen LogP contribution in [0.4, 0.5) is 5.69 Å². The number of ether oxygens (including phenoxy) is 2. The molecule has 4 nitrogen and oxygen atoms in total. The molecule has 0 aliphatic heterocycles. The van der Waals surface area contributed by atoms with Crippen LogP contribution in [0.25, 0.3) is 0 Å². The summed E-state index contributed by atoms with van der Waals surface area (Å²) in [4.78, 5) is 12.2. The number of anilines is 1. The standard InChI is InChI=1S/C21H27NO3/c1-5-25-19-12-6-16(14-20(19)24-4)7-13-21(23)22-18-10-8-17(9-11-18)15(2)3/h6,8-12,14-15H,5,7,13H2,1-4H3,(H,22,23). The van der Waals surface area contributed by atoms with E-state index in [1.165, 1.54) is 5.56 Å². The number of nitrogens with one attached hydrogen (secondary N) is 1. The SMILES string of the molecule is CCOc1ccc(CCC(=O)Nc2ccc(C(C)C)cc2)cc1OC. The molecular formula is C21H27NO3. The molecule has 0 heterocycles. The third-order valence-electron chi connectivity index (χ3n) is 4.03. The molecule has 0 aromatic heterocycles. The minimum absolute atomic E-state index is 0.00477. The summed E-state index contributed by atoms with van der Waals surface area (Å²) in [5.41, 5.74) is 3.14. The fourth-order valence-corrected chi connectivity index (χ4v) is 2.57. The van der Waals surface area contributed by atoms with Crippen molar-refractivity contribution in [3.63, 3.8) is 0 Å². The van der Waals surface area contributed by atoms with E-state index in [0.29, 0.717) is 31.1 Å². The Labute approximate surface area is 150 Å². The number of rotatable bonds is 8. The van der Waals surface area contributed by atoms with Gasteiger partial charge in [0.25, 0.3) is 0 Å². The summed E-state index contributed by atoms with van der Waals surface area (Å²) >= 11 is 0. The normalized spacial score (nSPS) is 10.6. The van der Waals surface area contributed by atoms with E-state index in [4.69, 9.17) is 9.47 Å². The van der Waals surface area contributed by atoms with Crippen LogP contribution in [0, 0.1) is 0 Å². The zero-order chi connectivity index (χ0) is 18.2. The highest BCUT2D eigenvalue weighted by Crippen LogP contribution is 2.28. The lowest BCUT2D eigenvalue weighted by Crippen LogP contribution is -2.12. The molecule has 0 saturated heterocycles. The molecule has 0 bridgehead atoms. The molecule has 25 heavy (non-hydrogen) atoms. The second kappa shape index (κ2) is 9.11. The van der Waals surface area contributed by atoms with E-state index in [1.54, 1.807) is 7.11 Å². The smallest absolute Gasteiger partial charge is 0.224 e. The first-order chi connectivity index (χ1) is 12.0. The topological polar surface area (TPSA) is 47.6 Å². The van der Waals surface area contributed by atoms with Crippen molar-refractivity contribution in [2.45, 2.75) is 39.5 Å². The fraction of sp³-hybridized carbons (Fsp3) is 0.381. The molecule has 0 unspecified atom stereocenters. The maximum Gasteiger partial charge on any atom is 0.224 e. The van der Waals surface area contributed by atoms with Crippen LogP contribution in [0.5, 0.6) is 11.5 Å². The van der Waals surface area contributed by atoms with Gasteiger partial charge >= 0.3 is 0 Å². The largest absolute Gasteiger partial charge is 0.493 e. The monoisotopic (exact) mass is 341 g/mol. The summed E-state index contributed by atoms with van der Waals surface area (Å²) in [6, 6.07) is 13.8. The highest BCUT2D eigenvalue weighted by Gasteiger charge is 2.08. The molecule has 0 atom stereocenters. The van der Waals surface area contributed by atoms with Gasteiger partial charge in [0.05, 0.1) is 13.7 Å². The van der Waals surface area contributed by atoms with Crippen LogP contribution in [0.1, 0.15) is 44.2 Å². The van der Waals surface area contributed by atoms with E-state index in [-0.39, 0.29) is 5.91 Å². The van der Waals surface area contributed by atoms with Crippen molar-refractivity contribution in [3.8, 4) is 11.5 Å². The molecule has 2 aromatic carbocycles. The van der Waals surface area contributed by atoms with Crippen molar-refractivity contribution in [3.05, 3.63) is 53.6 Å². The zero-order valence-electron chi connectivity index (χ0n) is 15.5. The predicted octanol–water partition coefficient (Wildman–Crippen LogP) is 4.79. The molecule has 4 heteroatoms. The Balaban J connectivity index is 1.91. The summed E-state index contributed by atoms with van der Waals surface area (Å²) in [6.07, 6.45) is 1.07. The van der Waals surface area contributed by atoms with Gasteiger partial charge in [-0.25, -0.2) is 0 Å². The molecule has 2 aromatic rings. The lowest BCUT2D eigenvalue weighted by Gasteiger charge is -2.11. The molecule has 1 N–H and O–H groups in total. The van der Waals surface area contributed by atoms with Gasteiger partial charge in [-0.15, -0.1) is 0 Å². The average molecular weight is 341 g/mol. The Morgan fingerprint density at radius 3 is 2.40 bits per heavy atom. The molecule has 0 fully saturated rings. The molecule has 1 amide bonds. The molecule has 0 radical (unpaired) electrons. The minimum atomic E-state index is 0.00477. The van der Waals surface area contributed by atoms with Crippen molar-refractivity contribution >= 4 is 11.6 Å².